The number of rotatable bonds is 5. The summed E-state index contributed by atoms with van der Waals surface area (Å²) in [6, 6.07) is 16.6. The van der Waals surface area contributed by atoms with E-state index in [1.807, 2.05) is 23.2 Å². The van der Waals surface area contributed by atoms with Gasteiger partial charge in [-0.25, -0.2) is 4.98 Å². The number of aromatic nitrogens is 2. The number of hydrogen-bond acceptors (Lipinski definition) is 5. The van der Waals surface area contributed by atoms with E-state index in [0.29, 0.717) is 6.42 Å². The Morgan fingerprint density at radius 3 is 2.51 bits per heavy atom. The molecule has 0 aliphatic carbocycles. The molecule has 2 aliphatic heterocycles. The number of nitrogens with zero attached hydrogens (tertiary/aromatic N) is 4. The van der Waals surface area contributed by atoms with Gasteiger partial charge in [-0.05, 0) is 67.3 Å². The Hall–Kier alpha value is -3.84. The summed E-state index contributed by atoms with van der Waals surface area (Å²) < 4.78 is 13.0. The molecule has 190 valence electrons. The van der Waals surface area contributed by atoms with Gasteiger partial charge in [0.25, 0.3) is 0 Å². The van der Waals surface area contributed by atoms with Crippen LogP contribution in [0, 0.1) is 20.8 Å². The highest BCUT2D eigenvalue weighted by molar-refractivity contribution is 5.82. The molecule has 7 nitrogen and oxygen atoms in total. The van der Waals surface area contributed by atoms with Crippen LogP contribution in [0.3, 0.4) is 0 Å². The van der Waals surface area contributed by atoms with Crippen molar-refractivity contribution in [3.63, 3.8) is 0 Å². The zero-order valence-electron chi connectivity index (χ0n) is 21.7. The molecule has 0 saturated carbocycles. The van der Waals surface area contributed by atoms with E-state index in [4.69, 9.17) is 14.5 Å². The van der Waals surface area contributed by atoms with E-state index in [-0.39, 0.29) is 12.7 Å². The number of ether oxygens (including phenoxy) is 2. The van der Waals surface area contributed by atoms with Crippen LogP contribution in [0.4, 0.5) is 0 Å². The highest BCUT2D eigenvalue weighted by Gasteiger charge is 2.25. The van der Waals surface area contributed by atoms with Gasteiger partial charge in [-0.2, -0.15) is 0 Å². The molecule has 0 spiro atoms. The van der Waals surface area contributed by atoms with E-state index in [9.17, 15) is 4.79 Å². The molecule has 4 aromatic rings. The van der Waals surface area contributed by atoms with Crippen LogP contribution in [0.25, 0.3) is 16.9 Å². The third kappa shape index (κ3) is 4.55. The Morgan fingerprint density at radius 1 is 0.892 bits per heavy atom. The molecule has 6 rings (SSSR count). The molecular weight excluding hydrogens is 464 g/mol. The molecule has 1 amide bonds. The molecule has 0 atom stereocenters. The maximum Gasteiger partial charge on any atom is 0.231 e. The largest absolute Gasteiger partial charge is 0.454 e. The predicted molar refractivity (Wildman–Crippen MR) is 143 cm³/mol. The van der Waals surface area contributed by atoms with Crippen LogP contribution in [0.15, 0.2) is 54.7 Å². The first-order valence-corrected chi connectivity index (χ1v) is 12.9. The average Bonchev–Trinajstić information content (AvgIpc) is 3.51. The Labute approximate surface area is 217 Å². The summed E-state index contributed by atoms with van der Waals surface area (Å²) in [5.74, 6) is 1.77. The summed E-state index contributed by atoms with van der Waals surface area (Å²) >= 11 is 0. The first kappa shape index (κ1) is 23.6. The molecule has 7 heteroatoms. The number of imidazole rings is 1. The lowest BCUT2D eigenvalue weighted by atomic mass is 10.0. The molecule has 0 bridgehead atoms. The number of carbonyl (C=O) groups excluding carboxylic acids is 1. The van der Waals surface area contributed by atoms with Gasteiger partial charge in [0, 0.05) is 44.5 Å². The first-order valence-electron chi connectivity index (χ1n) is 12.9. The highest BCUT2D eigenvalue weighted by atomic mass is 16.7. The van der Waals surface area contributed by atoms with Crippen LogP contribution < -0.4 is 9.47 Å². The summed E-state index contributed by atoms with van der Waals surface area (Å²) in [5, 5.41) is 0. The molecule has 37 heavy (non-hydrogen) atoms. The number of amides is 1. The Morgan fingerprint density at radius 2 is 1.70 bits per heavy atom. The molecule has 2 aromatic heterocycles. The summed E-state index contributed by atoms with van der Waals surface area (Å²) in [6.45, 7) is 10.6. The van der Waals surface area contributed by atoms with E-state index >= 15 is 0 Å². The van der Waals surface area contributed by atoms with Gasteiger partial charge in [0.1, 0.15) is 5.65 Å². The SMILES string of the molecule is Cc1ccc(-c2nc3c(C)cccn3c2CC(=O)N2CCN(Cc3ccc4c(c3)OCO4)CC2)cc1C. The third-order valence-electron chi connectivity index (χ3n) is 7.61. The third-order valence-corrected chi connectivity index (χ3v) is 7.61. The highest BCUT2D eigenvalue weighted by Crippen LogP contribution is 2.33. The molecule has 0 N–H and O–H groups in total. The van der Waals surface area contributed by atoms with Crippen molar-refractivity contribution in [3.8, 4) is 22.8 Å². The molecule has 2 aromatic carbocycles. The average molecular weight is 497 g/mol. The normalized spacial score (nSPS) is 15.5. The number of fused-ring (bicyclic) bond motifs is 2. The second-order valence-electron chi connectivity index (χ2n) is 10.1. The fourth-order valence-electron chi connectivity index (χ4n) is 5.25. The van der Waals surface area contributed by atoms with E-state index in [1.54, 1.807) is 0 Å². The second-order valence-corrected chi connectivity index (χ2v) is 10.1. The summed E-state index contributed by atoms with van der Waals surface area (Å²) in [7, 11) is 0. The zero-order valence-corrected chi connectivity index (χ0v) is 21.7. The van der Waals surface area contributed by atoms with Crippen LogP contribution >= 0.6 is 0 Å². The van der Waals surface area contributed by atoms with Crippen LogP contribution in [0.1, 0.15) is 27.9 Å². The van der Waals surface area contributed by atoms with Gasteiger partial charge in [-0.15, -0.1) is 0 Å². The minimum absolute atomic E-state index is 0.149. The predicted octanol–water partition coefficient (Wildman–Crippen LogP) is 4.54. The van der Waals surface area contributed by atoms with Gasteiger partial charge in [0.15, 0.2) is 11.5 Å². The number of hydrogen-bond donors (Lipinski definition) is 0. The molecule has 2 aliphatic rings. The van der Waals surface area contributed by atoms with E-state index in [1.165, 1.54) is 16.7 Å². The van der Waals surface area contributed by atoms with Crippen LogP contribution in [0.5, 0.6) is 11.5 Å². The molecule has 4 heterocycles. The first-order chi connectivity index (χ1) is 18.0. The Balaban J connectivity index is 1.18. The smallest absolute Gasteiger partial charge is 0.231 e. The van der Waals surface area contributed by atoms with Crippen LogP contribution in [-0.2, 0) is 17.8 Å². The molecular formula is C30H32N4O3. The van der Waals surface area contributed by atoms with Crippen molar-refractivity contribution in [1.82, 2.24) is 19.2 Å². The van der Waals surface area contributed by atoms with Crippen LogP contribution in [-0.4, -0.2) is 58.1 Å². The van der Waals surface area contributed by atoms with Gasteiger partial charge in [0.2, 0.25) is 12.7 Å². The molecule has 0 radical (unpaired) electrons. The topological polar surface area (TPSA) is 59.3 Å². The monoisotopic (exact) mass is 496 g/mol. The number of carbonyl (C=O) groups is 1. The van der Waals surface area contributed by atoms with E-state index < -0.39 is 0 Å². The Bertz CT molecular complexity index is 1480. The van der Waals surface area contributed by atoms with Crippen molar-refractivity contribution in [3.05, 3.63) is 82.7 Å². The van der Waals surface area contributed by atoms with Crippen molar-refractivity contribution >= 4 is 11.6 Å². The van der Waals surface area contributed by atoms with Gasteiger partial charge >= 0.3 is 0 Å². The maximum absolute atomic E-state index is 13.5. The zero-order chi connectivity index (χ0) is 25.5. The van der Waals surface area contributed by atoms with Crippen molar-refractivity contribution in [2.75, 3.05) is 33.0 Å². The van der Waals surface area contributed by atoms with E-state index in [0.717, 1.165) is 72.4 Å². The number of aryl methyl sites for hydroxylation is 3. The maximum atomic E-state index is 13.5. The van der Waals surface area contributed by atoms with Gasteiger partial charge in [-0.1, -0.05) is 24.3 Å². The summed E-state index contributed by atoms with van der Waals surface area (Å²) in [4.78, 5) is 22.9. The lowest BCUT2D eigenvalue weighted by Gasteiger charge is -2.35. The number of pyridine rings is 1. The van der Waals surface area contributed by atoms with Gasteiger partial charge in [0.05, 0.1) is 17.8 Å². The minimum Gasteiger partial charge on any atom is -0.454 e. The van der Waals surface area contributed by atoms with E-state index in [2.05, 4.69) is 66.5 Å². The van der Waals surface area contributed by atoms with Crippen LogP contribution in [0.2, 0.25) is 0 Å². The summed E-state index contributed by atoms with van der Waals surface area (Å²) in [6.07, 6.45) is 2.35. The van der Waals surface area contributed by atoms with Gasteiger partial charge < -0.3 is 18.8 Å². The van der Waals surface area contributed by atoms with Crippen molar-refractivity contribution in [2.45, 2.75) is 33.7 Å². The van der Waals surface area contributed by atoms with Crippen molar-refractivity contribution in [2.24, 2.45) is 0 Å². The second kappa shape index (κ2) is 9.56. The standard InChI is InChI=1S/C30H32N4O3/c1-20-6-8-24(15-22(20)3)29-25(34-10-4-5-21(2)30(34)31-29)17-28(35)33-13-11-32(12-14-33)18-23-7-9-26-27(16-23)37-19-36-26/h4-10,15-16H,11-14,17-19H2,1-3H3. The van der Waals surface area contributed by atoms with Crippen molar-refractivity contribution in [1.29, 1.82) is 0 Å². The minimum atomic E-state index is 0.149. The van der Waals surface area contributed by atoms with Gasteiger partial charge in [-0.3, -0.25) is 9.69 Å². The molecule has 1 fully saturated rings. The lowest BCUT2D eigenvalue weighted by Crippen LogP contribution is -2.48. The fourth-order valence-corrected chi connectivity index (χ4v) is 5.25. The number of piperazine rings is 1. The molecule has 1 saturated heterocycles. The molecule has 0 unspecified atom stereocenters. The lowest BCUT2D eigenvalue weighted by molar-refractivity contribution is -0.132. The Kier molecular flexibility index (Phi) is 6.08. The summed E-state index contributed by atoms with van der Waals surface area (Å²) in [5.41, 5.74) is 8.59. The number of benzene rings is 2. The van der Waals surface area contributed by atoms with Crippen molar-refractivity contribution < 1.29 is 14.3 Å². The quantitative estimate of drug-likeness (QED) is 0.406. The fraction of sp³-hybridized carbons (Fsp3) is 0.333.